The van der Waals surface area contributed by atoms with E-state index in [2.05, 4.69) is 50.9 Å². The van der Waals surface area contributed by atoms with E-state index in [0.29, 0.717) is 30.1 Å². The van der Waals surface area contributed by atoms with Crippen LogP contribution in [0, 0.1) is 5.92 Å². The summed E-state index contributed by atoms with van der Waals surface area (Å²) >= 11 is 7.37. The molecule has 0 amide bonds. The molecular weight excluding hydrogens is 388 g/mol. The molecule has 1 aliphatic heterocycles. The van der Waals surface area contributed by atoms with Crippen LogP contribution in [0.15, 0.2) is 22.7 Å². The van der Waals surface area contributed by atoms with Crippen LogP contribution in [0.4, 0.5) is 0 Å². The fraction of sp³-hybridized carbons (Fsp3) is 0.600. The average molecular weight is 408 g/mol. The van der Waals surface area contributed by atoms with E-state index in [0.717, 1.165) is 23.2 Å². The smallest absolute Gasteiger partial charge is 0.133 e. The van der Waals surface area contributed by atoms with E-state index in [-0.39, 0.29) is 0 Å². The summed E-state index contributed by atoms with van der Waals surface area (Å²) in [7, 11) is 1.67. The van der Waals surface area contributed by atoms with E-state index in [4.69, 9.17) is 14.2 Å². The van der Waals surface area contributed by atoms with Crippen molar-refractivity contribution >= 4 is 31.9 Å². The van der Waals surface area contributed by atoms with Crippen molar-refractivity contribution in [3.05, 3.63) is 28.2 Å². The maximum absolute atomic E-state index is 5.65. The Morgan fingerprint density at radius 1 is 1.40 bits per heavy atom. The Morgan fingerprint density at radius 3 is 2.80 bits per heavy atom. The molecule has 0 spiro atoms. The van der Waals surface area contributed by atoms with E-state index >= 15 is 0 Å². The number of ether oxygens (including phenoxy) is 3. The van der Waals surface area contributed by atoms with E-state index in [1.54, 1.807) is 7.11 Å². The molecule has 3 unspecified atom stereocenters. The molecular formula is C15H20Br2O3. The Hall–Kier alpha value is -0.100. The molecule has 0 aliphatic carbocycles. The predicted octanol–water partition coefficient (Wildman–Crippen LogP) is 4.34. The third-order valence-electron chi connectivity index (χ3n) is 3.46. The van der Waals surface area contributed by atoms with Crippen LogP contribution in [0.5, 0.6) is 5.75 Å². The van der Waals surface area contributed by atoms with Crippen LogP contribution in [0.1, 0.15) is 23.7 Å². The molecule has 0 saturated carbocycles. The minimum Gasteiger partial charge on any atom is -0.490 e. The van der Waals surface area contributed by atoms with Gasteiger partial charge in [0.2, 0.25) is 0 Å². The van der Waals surface area contributed by atoms with Crippen molar-refractivity contribution in [2.45, 2.75) is 24.3 Å². The molecule has 0 bridgehead atoms. The predicted molar refractivity (Wildman–Crippen MR) is 86.7 cm³/mol. The van der Waals surface area contributed by atoms with Gasteiger partial charge in [-0.3, -0.25) is 0 Å². The first kappa shape index (κ1) is 16.3. The topological polar surface area (TPSA) is 27.7 Å². The molecule has 0 radical (unpaired) electrons. The van der Waals surface area contributed by atoms with E-state index in [1.807, 2.05) is 6.07 Å². The van der Waals surface area contributed by atoms with Crippen LogP contribution in [0.25, 0.3) is 0 Å². The van der Waals surface area contributed by atoms with Gasteiger partial charge in [0, 0.05) is 17.9 Å². The molecule has 20 heavy (non-hydrogen) atoms. The van der Waals surface area contributed by atoms with Gasteiger partial charge in [-0.2, -0.15) is 0 Å². The third kappa shape index (κ3) is 4.20. The maximum Gasteiger partial charge on any atom is 0.133 e. The minimum atomic E-state index is 0.316. The molecule has 1 heterocycles. The number of alkyl halides is 1. The van der Waals surface area contributed by atoms with Crippen LogP contribution >= 0.6 is 31.9 Å². The summed E-state index contributed by atoms with van der Waals surface area (Å²) in [5, 5.41) is 0. The molecule has 1 fully saturated rings. The first-order valence-corrected chi connectivity index (χ1v) is 8.49. The molecule has 1 aromatic rings. The van der Waals surface area contributed by atoms with Gasteiger partial charge in [-0.05, 0) is 47.0 Å². The summed E-state index contributed by atoms with van der Waals surface area (Å²) in [6.07, 6.45) is 1.46. The minimum absolute atomic E-state index is 0.316. The van der Waals surface area contributed by atoms with Crippen molar-refractivity contribution in [2.24, 2.45) is 5.92 Å². The van der Waals surface area contributed by atoms with Crippen molar-refractivity contribution in [3.63, 3.8) is 0 Å². The molecule has 0 aromatic heterocycles. The summed E-state index contributed by atoms with van der Waals surface area (Å²) in [6, 6.07) is 6.22. The number of hydrogen-bond donors (Lipinski definition) is 0. The second-order valence-electron chi connectivity index (χ2n) is 5.07. The highest BCUT2D eigenvalue weighted by Crippen LogP contribution is 2.40. The van der Waals surface area contributed by atoms with Gasteiger partial charge >= 0.3 is 0 Å². The van der Waals surface area contributed by atoms with E-state index < -0.39 is 0 Å². The van der Waals surface area contributed by atoms with Crippen LogP contribution in [0.2, 0.25) is 0 Å². The Kier molecular flexibility index (Phi) is 6.33. The fourth-order valence-electron chi connectivity index (χ4n) is 2.37. The van der Waals surface area contributed by atoms with Gasteiger partial charge in [-0.25, -0.2) is 0 Å². The second kappa shape index (κ2) is 7.78. The number of benzene rings is 1. The SMILES string of the molecule is COCCOc1ccc(C(Br)C2COC(C)C2)cc1Br. The van der Waals surface area contributed by atoms with Crippen molar-refractivity contribution in [3.8, 4) is 5.75 Å². The summed E-state index contributed by atoms with van der Waals surface area (Å²) in [5.74, 6) is 1.37. The highest BCUT2D eigenvalue weighted by molar-refractivity contribution is 9.10. The molecule has 2 rings (SSSR count). The Bertz CT molecular complexity index is 439. The number of methoxy groups -OCH3 is 1. The van der Waals surface area contributed by atoms with Gasteiger partial charge < -0.3 is 14.2 Å². The molecule has 1 aliphatic rings. The van der Waals surface area contributed by atoms with Crippen molar-refractivity contribution in [2.75, 3.05) is 26.9 Å². The van der Waals surface area contributed by atoms with Crippen LogP contribution < -0.4 is 4.74 Å². The lowest BCUT2D eigenvalue weighted by Crippen LogP contribution is -2.08. The van der Waals surface area contributed by atoms with Crippen molar-refractivity contribution in [1.29, 1.82) is 0 Å². The molecule has 1 aromatic carbocycles. The third-order valence-corrected chi connectivity index (χ3v) is 5.36. The largest absolute Gasteiger partial charge is 0.490 e. The standard InChI is InChI=1S/C15H20Br2O3/c1-10-7-12(9-20-10)15(17)11-3-4-14(13(16)8-11)19-6-5-18-2/h3-4,8,10,12,15H,5-7,9H2,1-2H3. The van der Waals surface area contributed by atoms with Gasteiger partial charge in [0.05, 0.1) is 23.8 Å². The fourth-order valence-corrected chi connectivity index (χ4v) is 3.53. The second-order valence-corrected chi connectivity index (χ2v) is 6.91. The lowest BCUT2D eigenvalue weighted by atomic mass is 9.97. The zero-order valence-electron chi connectivity index (χ0n) is 11.8. The first-order valence-electron chi connectivity index (χ1n) is 6.78. The summed E-state index contributed by atoms with van der Waals surface area (Å²) in [5.41, 5.74) is 1.25. The first-order chi connectivity index (χ1) is 9.61. The molecule has 1 saturated heterocycles. The van der Waals surface area contributed by atoms with Crippen LogP contribution in [-0.2, 0) is 9.47 Å². The Labute approximate surface area is 137 Å². The monoisotopic (exact) mass is 406 g/mol. The van der Waals surface area contributed by atoms with Gasteiger partial charge in [0.1, 0.15) is 12.4 Å². The summed E-state index contributed by atoms with van der Waals surface area (Å²) < 4.78 is 17.2. The van der Waals surface area contributed by atoms with Crippen molar-refractivity contribution in [1.82, 2.24) is 0 Å². The summed E-state index contributed by atoms with van der Waals surface area (Å²) in [6.45, 7) is 4.09. The molecule has 112 valence electrons. The molecule has 3 atom stereocenters. The maximum atomic E-state index is 5.65. The normalized spacial score (nSPS) is 23.8. The Morgan fingerprint density at radius 2 is 2.20 bits per heavy atom. The molecule has 5 heteroatoms. The highest BCUT2D eigenvalue weighted by atomic mass is 79.9. The lowest BCUT2D eigenvalue weighted by molar-refractivity contribution is 0.120. The molecule has 3 nitrogen and oxygen atoms in total. The number of rotatable bonds is 6. The quantitative estimate of drug-likeness (QED) is 0.518. The van der Waals surface area contributed by atoms with Crippen LogP contribution in [-0.4, -0.2) is 33.0 Å². The molecule has 0 N–H and O–H groups in total. The lowest BCUT2D eigenvalue weighted by Gasteiger charge is -2.17. The van der Waals surface area contributed by atoms with Crippen molar-refractivity contribution < 1.29 is 14.2 Å². The zero-order chi connectivity index (χ0) is 14.5. The zero-order valence-corrected chi connectivity index (χ0v) is 14.9. The van der Waals surface area contributed by atoms with E-state index in [1.165, 1.54) is 5.56 Å². The van der Waals surface area contributed by atoms with Gasteiger partial charge in [-0.1, -0.05) is 22.0 Å². The van der Waals surface area contributed by atoms with Crippen LogP contribution in [0.3, 0.4) is 0 Å². The van der Waals surface area contributed by atoms with E-state index in [9.17, 15) is 0 Å². The highest BCUT2D eigenvalue weighted by Gasteiger charge is 2.29. The number of hydrogen-bond acceptors (Lipinski definition) is 3. The Balaban J connectivity index is 2.00. The number of halogens is 2. The van der Waals surface area contributed by atoms with Gasteiger partial charge in [0.15, 0.2) is 0 Å². The summed E-state index contributed by atoms with van der Waals surface area (Å²) in [4.78, 5) is 0.316. The average Bonchev–Trinajstić information content (AvgIpc) is 2.86. The van der Waals surface area contributed by atoms with Gasteiger partial charge in [0.25, 0.3) is 0 Å². The van der Waals surface area contributed by atoms with Gasteiger partial charge in [-0.15, -0.1) is 0 Å².